The summed E-state index contributed by atoms with van der Waals surface area (Å²) in [6.45, 7) is 15.1. The SMILES string of the molecule is CC(C)(C)OC(=O)NC(CCSC(C)(C)SCCN)C(=O)NCCSC(C)(C)Sc1ccccn1. The first kappa shape index (κ1) is 32.3. The smallest absolute Gasteiger partial charge is 0.408 e. The van der Waals surface area contributed by atoms with E-state index >= 15 is 0 Å². The lowest BCUT2D eigenvalue weighted by atomic mass is 10.2. The molecule has 0 spiro atoms. The monoisotopic (exact) mass is 562 g/mol. The van der Waals surface area contributed by atoms with Crippen LogP contribution in [0.2, 0.25) is 0 Å². The summed E-state index contributed by atoms with van der Waals surface area (Å²) in [6, 6.07) is 5.22. The lowest BCUT2D eigenvalue weighted by molar-refractivity contribution is -0.123. The van der Waals surface area contributed by atoms with Crippen molar-refractivity contribution in [3.63, 3.8) is 0 Å². The van der Waals surface area contributed by atoms with E-state index in [4.69, 9.17) is 10.5 Å². The third-order valence-electron chi connectivity index (χ3n) is 4.27. The Hall–Kier alpha value is -0.750. The normalized spacial score (nSPS) is 13.3. The predicted molar refractivity (Wildman–Crippen MR) is 155 cm³/mol. The van der Waals surface area contributed by atoms with Gasteiger partial charge in [-0.1, -0.05) is 17.8 Å². The van der Waals surface area contributed by atoms with Crippen LogP contribution in [-0.4, -0.2) is 67.1 Å². The van der Waals surface area contributed by atoms with Crippen molar-refractivity contribution in [2.45, 2.75) is 79.7 Å². The van der Waals surface area contributed by atoms with E-state index in [1.807, 2.05) is 18.2 Å². The van der Waals surface area contributed by atoms with Crippen molar-refractivity contribution in [1.29, 1.82) is 0 Å². The number of nitrogens with zero attached hydrogens (tertiary/aromatic N) is 1. The number of nitrogens with two attached hydrogens (primary N) is 1. The van der Waals surface area contributed by atoms with Gasteiger partial charge in [0.15, 0.2) is 0 Å². The van der Waals surface area contributed by atoms with Gasteiger partial charge in [0.05, 0.1) is 13.2 Å². The Bertz CT molecular complexity index is 774. The molecule has 0 saturated carbocycles. The van der Waals surface area contributed by atoms with Gasteiger partial charge in [-0.15, -0.1) is 35.3 Å². The first-order valence-electron chi connectivity index (χ1n) is 11.7. The summed E-state index contributed by atoms with van der Waals surface area (Å²) in [5.74, 6) is 2.16. The molecule has 0 aromatic carbocycles. The van der Waals surface area contributed by atoms with Crippen LogP contribution < -0.4 is 16.4 Å². The molecule has 4 N–H and O–H groups in total. The number of thioether (sulfide) groups is 4. The van der Waals surface area contributed by atoms with Gasteiger partial charge >= 0.3 is 6.09 Å². The standard InChI is InChI=1S/C24H42N4O3S4/c1-22(2,3)31-21(30)28-18(11-15-32-23(4,5)33-16-12-25)20(29)27-14-17-34-24(6,7)35-19-10-8-9-13-26-19/h8-10,13,18H,11-12,14-17,25H2,1-7H3,(H,27,29)(H,28,30). The number of aromatic nitrogens is 1. The zero-order valence-electron chi connectivity index (χ0n) is 22.0. The van der Waals surface area contributed by atoms with Crippen molar-refractivity contribution in [3.05, 3.63) is 24.4 Å². The van der Waals surface area contributed by atoms with Crippen LogP contribution in [-0.2, 0) is 9.53 Å². The molecule has 1 atom stereocenters. The first-order valence-corrected chi connectivity index (χ1v) is 15.5. The van der Waals surface area contributed by atoms with E-state index in [1.54, 1.807) is 74.0 Å². The van der Waals surface area contributed by atoms with E-state index in [0.717, 1.165) is 22.3 Å². The molecule has 0 fully saturated rings. The molecule has 1 aromatic rings. The van der Waals surface area contributed by atoms with E-state index in [9.17, 15) is 9.59 Å². The van der Waals surface area contributed by atoms with Crippen LogP contribution in [0.1, 0.15) is 54.9 Å². The van der Waals surface area contributed by atoms with E-state index < -0.39 is 17.7 Å². The predicted octanol–water partition coefficient (Wildman–Crippen LogP) is 5.20. The molecule has 200 valence electrons. The number of ether oxygens (including phenoxy) is 1. The second kappa shape index (κ2) is 15.5. The highest BCUT2D eigenvalue weighted by Crippen LogP contribution is 2.40. The number of carbonyl (C=O) groups is 2. The van der Waals surface area contributed by atoms with Crippen LogP contribution >= 0.6 is 47.0 Å². The van der Waals surface area contributed by atoms with Gasteiger partial charge in [0.2, 0.25) is 5.91 Å². The fourth-order valence-corrected chi connectivity index (χ4v) is 7.26. The van der Waals surface area contributed by atoms with Crippen LogP contribution in [0.4, 0.5) is 4.79 Å². The van der Waals surface area contributed by atoms with Crippen LogP contribution in [0, 0.1) is 0 Å². The zero-order valence-corrected chi connectivity index (χ0v) is 25.3. The number of hydrogen-bond donors (Lipinski definition) is 3. The van der Waals surface area contributed by atoms with Gasteiger partial charge in [0, 0.05) is 30.8 Å². The third kappa shape index (κ3) is 15.9. The average Bonchev–Trinajstić information content (AvgIpc) is 2.73. The largest absolute Gasteiger partial charge is 0.444 e. The minimum absolute atomic E-state index is 0.0141. The van der Waals surface area contributed by atoms with Gasteiger partial charge in [-0.05, 0) is 72.8 Å². The molecule has 0 radical (unpaired) electrons. The molecule has 0 aliphatic heterocycles. The number of hydrogen-bond acceptors (Lipinski definition) is 9. The Balaban J connectivity index is 2.59. The summed E-state index contributed by atoms with van der Waals surface area (Å²) >= 11 is 7.01. The van der Waals surface area contributed by atoms with E-state index in [0.29, 0.717) is 19.5 Å². The Morgan fingerprint density at radius 1 is 1.00 bits per heavy atom. The fraction of sp³-hybridized carbons (Fsp3) is 0.708. The van der Waals surface area contributed by atoms with Crippen molar-refractivity contribution in [1.82, 2.24) is 15.6 Å². The average molecular weight is 563 g/mol. The van der Waals surface area contributed by atoms with Gasteiger partial charge in [0.1, 0.15) is 11.6 Å². The van der Waals surface area contributed by atoms with Gasteiger partial charge < -0.3 is 21.1 Å². The third-order valence-corrected chi connectivity index (χ3v) is 9.90. The van der Waals surface area contributed by atoms with Crippen LogP contribution in [0.15, 0.2) is 29.4 Å². The summed E-state index contributed by atoms with van der Waals surface area (Å²) in [4.78, 5) is 29.7. The number of rotatable bonds is 15. The van der Waals surface area contributed by atoms with Gasteiger partial charge in [0.25, 0.3) is 0 Å². The molecular formula is C24H42N4O3S4. The zero-order chi connectivity index (χ0) is 26.5. The summed E-state index contributed by atoms with van der Waals surface area (Å²) in [7, 11) is 0. The number of carbonyl (C=O) groups excluding carboxylic acids is 2. The second-order valence-electron chi connectivity index (χ2n) is 9.68. The molecule has 1 unspecified atom stereocenters. The Morgan fingerprint density at radius 2 is 1.66 bits per heavy atom. The summed E-state index contributed by atoms with van der Waals surface area (Å²) in [5, 5.41) is 6.72. The number of amides is 2. The molecule has 1 rings (SSSR count). The number of pyridine rings is 1. The molecule has 0 bridgehead atoms. The fourth-order valence-electron chi connectivity index (χ4n) is 2.77. The molecular weight excluding hydrogens is 521 g/mol. The maximum atomic E-state index is 13.0. The van der Waals surface area contributed by atoms with Crippen LogP contribution in [0.5, 0.6) is 0 Å². The van der Waals surface area contributed by atoms with Gasteiger partial charge in [-0.25, -0.2) is 9.78 Å². The Morgan fingerprint density at radius 3 is 2.26 bits per heavy atom. The molecule has 0 saturated heterocycles. The topological polar surface area (TPSA) is 106 Å². The maximum absolute atomic E-state index is 13.0. The highest BCUT2D eigenvalue weighted by atomic mass is 32.2. The van der Waals surface area contributed by atoms with Gasteiger partial charge in [-0.3, -0.25) is 4.79 Å². The highest BCUT2D eigenvalue weighted by Gasteiger charge is 2.26. The summed E-state index contributed by atoms with van der Waals surface area (Å²) < 4.78 is 5.28. The van der Waals surface area contributed by atoms with Crippen molar-refractivity contribution in [2.24, 2.45) is 5.73 Å². The minimum atomic E-state index is -0.659. The van der Waals surface area contributed by atoms with Gasteiger partial charge in [-0.2, -0.15) is 0 Å². The molecule has 0 aliphatic rings. The molecule has 11 heteroatoms. The quantitative estimate of drug-likeness (QED) is 0.151. The van der Waals surface area contributed by atoms with E-state index in [-0.39, 0.29) is 14.1 Å². The maximum Gasteiger partial charge on any atom is 0.408 e. The second-order valence-corrected chi connectivity index (χ2v) is 17.0. The van der Waals surface area contributed by atoms with Crippen molar-refractivity contribution in [2.75, 3.05) is 30.3 Å². The summed E-state index contributed by atoms with van der Waals surface area (Å²) in [6.07, 6.45) is 1.72. The lowest BCUT2D eigenvalue weighted by Gasteiger charge is -2.26. The van der Waals surface area contributed by atoms with Crippen LogP contribution in [0.3, 0.4) is 0 Å². The molecule has 7 nitrogen and oxygen atoms in total. The molecule has 2 amide bonds. The van der Waals surface area contributed by atoms with Crippen LogP contribution in [0.25, 0.3) is 0 Å². The summed E-state index contributed by atoms with van der Waals surface area (Å²) in [5.41, 5.74) is 5.00. The number of alkyl carbamates (subject to hydrolysis) is 1. The first-order chi connectivity index (χ1) is 16.2. The van der Waals surface area contributed by atoms with Crippen molar-refractivity contribution >= 4 is 59.0 Å². The number of nitrogens with one attached hydrogen (secondary N) is 2. The van der Waals surface area contributed by atoms with Crippen molar-refractivity contribution in [3.8, 4) is 0 Å². The molecule has 0 aliphatic carbocycles. The van der Waals surface area contributed by atoms with E-state index in [1.165, 1.54) is 0 Å². The minimum Gasteiger partial charge on any atom is -0.444 e. The molecule has 35 heavy (non-hydrogen) atoms. The lowest BCUT2D eigenvalue weighted by Crippen LogP contribution is -2.49. The van der Waals surface area contributed by atoms with E-state index in [2.05, 4.69) is 43.3 Å². The molecule has 1 heterocycles. The Kier molecular flexibility index (Phi) is 14.3. The molecule has 1 aromatic heterocycles. The Labute approximate surface area is 228 Å². The highest BCUT2D eigenvalue weighted by molar-refractivity contribution is 8.18. The van der Waals surface area contributed by atoms with Crippen molar-refractivity contribution < 1.29 is 14.3 Å².